The van der Waals surface area contributed by atoms with Crippen molar-refractivity contribution in [3.05, 3.63) is 59.1 Å². The highest BCUT2D eigenvalue weighted by molar-refractivity contribution is 7.16. The number of fused-ring (bicyclic) bond motifs is 1. The van der Waals surface area contributed by atoms with Gasteiger partial charge in [0.05, 0.1) is 6.04 Å². The minimum Gasteiger partial charge on any atom is -0.360 e. The summed E-state index contributed by atoms with van der Waals surface area (Å²) >= 11 is 1.60. The van der Waals surface area contributed by atoms with Gasteiger partial charge in [-0.05, 0) is 18.9 Å². The van der Waals surface area contributed by atoms with E-state index in [9.17, 15) is 0 Å². The fourth-order valence-corrected chi connectivity index (χ4v) is 3.72. The van der Waals surface area contributed by atoms with Gasteiger partial charge < -0.3 is 10.7 Å². The first-order valence-corrected chi connectivity index (χ1v) is 8.92. The number of nitrogens with zero attached hydrogens (tertiary/aromatic N) is 3. The maximum Gasteiger partial charge on any atom is 0.206 e. The normalized spacial score (nSPS) is 21.7. The van der Waals surface area contributed by atoms with Crippen LogP contribution >= 0.6 is 11.3 Å². The van der Waals surface area contributed by atoms with Gasteiger partial charge in [-0.3, -0.25) is 0 Å². The molecule has 2 unspecified atom stereocenters. The Labute approximate surface area is 145 Å². The number of hydrogen-bond acceptors (Lipinski definition) is 6. The lowest BCUT2D eigenvalue weighted by Crippen LogP contribution is -2.27. The summed E-state index contributed by atoms with van der Waals surface area (Å²) in [5, 5.41) is 18.1. The summed E-state index contributed by atoms with van der Waals surface area (Å²) in [4.78, 5) is 0. The molecule has 122 valence electrons. The quantitative estimate of drug-likeness (QED) is 0.880. The molecule has 0 bridgehead atoms. The first-order valence-electron chi connectivity index (χ1n) is 8.11. The van der Waals surface area contributed by atoms with Crippen molar-refractivity contribution in [2.45, 2.75) is 19.4 Å². The number of hydrogen-bond donors (Lipinski definition) is 2. The lowest BCUT2D eigenvalue weighted by atomic mass is 9.90. The van der Waals surface area contributed by atoms with E-state index in [1.807, 2.05) is 6.07 Å². The van der Waals surface area contributed by atoms with Crippen molar-refractivity contribution in [2.75, 3.05) is 11.9 Å². The number of aromatic nitrogens is 2. The number of allylic oxidation sites excluding steroid dienone is 2. The molecule has 6 heteroatoms. The maximum absolute atomic E-state index is 4.33. The number of nitrogens with one attached hydrogen (secondary N) is 2. The summed E-state index contributed by atoms with van der Waals surface area (Å²) in [7, 11) is 0. The lowest BCUT2D eigenvalue weighted by molar-refractivity contribution is 0.622. The van der Waals surface area contributed by atoms with Crippen molar-refractivity contribution in [1.29, 1.82) is 0 Å². The van der Waals surface area contributed by atoms with E-state index in [2.05, 4.69) is 75.5 Å². The molecule has 1 aromatic heterocycles. The maximum atomic E-state index is 4.33. The van der Waals surface area contributed by atoms with E-state index in [4.69, 9.17) is 0 Å². The third-order valence-corrected chi connectivity index (χ3v) is 5.24. The zero-order valence-corrected chi connectivity index (χ0v) is 14.3. The SMILES string of the molecule is CC1=NNC2C=CC(c3nnc(NCCc4ccccc4)s3)=CC12. The molecule has 4 rings (SSSR count). The molecule has 0 spiro atoms. The first kappa shape index (κ1) is 15.1. The third-order valence-electron chi connectivity index (χ3n) is 4.31. The van der Waals surface area contributed by atoms with E-state index >= 15 is 0 Å². The average Bonchev–Trinajstić information content (AvgIpc) is 3.23. The van der Waals surface area contributed by atoms with Crippen LogP contribution in [-0.4, -0.2) is 28.5 Å². The molecule has 2 N–H and O–H groups in total. The van der Waals surface area contributed by atoms with E-state index in [1.54, 1.807) is 11.3 Å². The Morgan fingerprint density at radius 3 is 2.96 bits per heavy atom. The van der Waals surface area contributed by atoms with Crippen molar-refractivity contribution < 1.29 is 0 Å². The summed E-state index contributed by atoms with van der Waals surface area (Å²) in [5.74, 6) is 0.323. The molecule has 0 saturated carbocycles. The number of hydrazone groups is 1. The summed E-state index contributed by atoms with van der Waals surface area (Å²) < 4.78 is 0. The van der Waals surface area contributed by atoms with Crippen LogP contribution in [0, 0.1) is 5.92 Å². The molecule has 0 amide bonds. The molecule has 0 fully saturated rings. The molecule has 1 aliphatic carbocycles. The van der Waals surface area contributed by atoms with Crippen molar-refractivity contribution in [3.63, 3.8) is 0 Å². The van der Waals surface area contributed by atoms with Gasteiger partial charge in [0.25, 0.3) is 0 Å². The Hall–Kier alpha value is -2.47. The van der Waals surface area contributed by atoms with Crippen LogP contribution in [0.25, 0.3) is 5.57 Å². The van der Waals surface area contributed by atoms with E-state index in [-0.39, 0.29) is 6.04 Å². The lowest BCUT2D eigenvalue weighted by Gasteiger charge is -2.17. The predicted molar refractivity (Wildman–Crippen MR) is 99.2 cm³/mol. The number of rotatable bonds is 5. The van der Waals surface area contributed by atoms with Gasteiger partial charge >= 0.3 is 0 Å². The Morgan fingerprint density at radius 2 is 2.08 bits per heavy atom. The van der Waals surface area contributed by atoms with Crippen molar-refractivity contribution in [2.24, 2.45) is 11.0 Å². The van der Waals surface area contributed by atoms with Gasteiger partial charge in [-0.15, -0.1) is 10.2 Å². The van der Waals surface area contributed by atoms with Crippen LogP contribution in [0.2, 0.25) is 0 Å². The van der Waals surface area contributed by atoms with Crippen molar-refractivity contribution in [1.82, 2.24) is 15.6 Å². The molecule has 2 aromatic rings. The summed E-state index contributed by atoms with van der Waals surface area (Å²) in [6.07, 6.45) is 7.47. The minimum atomic E-state index is 0.283. The molecule has 24 heavy (non-hydrogen) atoms. The molecule has 2 heterocycles. The summed E-state index contributed by atoms with van der Waals surface area (Å²) in [5.41, 5.74) is 6.71. The second kappa shape index (κ2) is 6.57. The van der Waals surface area contributed by atoms with E-state index in [0.29, 0.717) is 5.92 Å². The van der Waals surface area contributed by atoms with Crippen molar-refractivity contribution in [3.8, 4) is 0 Å². The molecule has 1 aromatic carbocycles. The zero-order valence-electron chi connectivity index (χ0n) is 13.4. The molecule has 0 radical (unpaired) electrons. The Bertz CT molecular complexity index is 806. The Kier molecular flexibility index (Phi) is 4.13. The van der Waals surface area contributed by atoms with Gasteiger partial charge in [0.15, 0.2) is 0 Å². The molecular weight excluding hydrogens is 318 g/mol. The zero-order chi connectivity index (χ0) is 16.4. The topological polar surface area (TPSA) is 62.2 Å². The van der Waals surface area contributed by atoms with Gasteiger partial charge in [0.1, 0.15) is 5.01 Å². The minimum absolute atomic E-state index is 0.283. The Balaban J connectivity index is 1.39. The predicted octanol–water partition coefficient (Wildman–Crippen LogP) is 3.11. The van der Waals surface area contributed by atoms with E-state index in [0.717, 1.165) is 34.4 Å². The third kappa shape index (κ3) is 3.10. The molecule has 0 saturated heterocycles. The molecule has 2 aliphatic rings. The van der Waals surface area contributed by atoms with Gasteiger partial charge in [-0.1, -0.05) is 59.9 Å². The second-order valence-corrected chi connectivity index (χ2v) is 6.97. The van der Waals surface area contributed by atoms with Crippen LogP contribution < -0.4 is 10.7 Å². The van der Waals surface area contributed by atoms with Gasteiger partial charge in [-0.25, -0.2) is 0 Å². The highest BCUT2D eigenvalue weighted by atomic mass is 32.1. The monoisotopic (exact) mass is 337 g/mol. The summed E-state index contributed by atoms with van der Waals surface area (Å²) in [6, 6.07) is 10.7. The standard InChI is InChI=1S/C18H19N5S/c1-12-15-11-14(7-8-16(15)21-20-12)17-22-23-18(24-17)19-10-9-13-5-3-2-4-6-13/h2-8,11,15-16,21H,9-10H2,1H3,(H,19,23). The van der Waals surface area contributed by atoms with Crippen LogP contribution in [0.4, 0.5) is 5.13 Å². The van der Waals surface area contributed by atoms with Crippen LogP contribution in [0.3, 0.4) is 0 Å². The Morgan fingerprint density at radius 1 is 1.21 bits per heavy atom. The summed E-state index contributed by atoms with van der Waals surface area (Å²) in [6.45, 7) is 2.91. The molecule has 1 aliphatic heterocycles. The highest BCUT2D eigenvalue weighted by Gasteiger charge is 2.28. The number of benzene rings is 1. The van der Waals surface area contributed by atoms with Gasteiger partial charge in [0, 0.05) is 23.7 Å². The fourth-order valence-electron chi connectivity index (χ4n) is 2.95. The van der Waals surface area contributed by atoms with Crippen LogP contribution in [-0.2, 0) is 6.42 Å². The number of anilines is 1. The smallest absolute Gasteiger partial charge is 0.206 e. The van der Waals surface area contributed by atoms with Crippen LogP contribution in [0.5, 0.6) is 0 Å². The second-order valence-electron chi connectivity index (χ2n) is 5.99. The highest BCUT2D eigenvalue weighted by Crippen LogP contribution is 2.30. The van der Waals surface area contributed by atoms with Crippen LogP contribution in [0.1, 0.15) is 17.5 Å². The van der Waals surface area contributed by atoms with Gasteiger partial charge in [0.2, 0.25) is 5.13 Å². The average molecular weight is 337 g/mol. The van der Waals surface area contributed by atoms with Crippen molar-refractivity contribution >= 4 is 27.8 Å². The first-order chi connectivity index (χ1) is 11.8. The molecule has 2 atom stereocenters. The van der Waals surface area contributed by atoms with E-state index in [1.165, 1.54) is 5.56 Å². The largest absolute Gasteiger partial charge is 0.360 e. The van der Waals surface area contributed by atoms with Crippen LogP contribution in [0.15, 0.2) is 53.7 Å². The van der Waals surface area contributed by atoms with E-state index < -0.39 is 0 Å². The molecular formula is C18H19N5S. The van der Waals surface area contributed by atoms with Gasteiger partial charge in [-0.2, -0.15) is 5.10 Å². The fraction of sp³-hybridized carbons (Fsp3) is 0.278. The molecule has 5 nitrogen and oxygen atoms in total.